The summed E-state index contributed by atoms with van der Waals surface area (Å²) in [6.07, 6.45) is 12.8. The predicted octanol–water partition coefficient (Wildman–Crippen LogP) is 4.01. The smallest absolute Gasteiger partial charge is 0.222 e. The van der Waals surface area contributed by atoms with E-state index in [-0.39, 0.29) is 11.8 Å². The van der Waals surface area contributed by atoms with Crippen LogP contribution >= 0.6 is 0 Å². The van der Waals surface area contributed by atoms with Crippen molar-refractivity contribution in [1.29, 1.82) is 0 Å². The van der Waals surface area contributed by atoms with Crippen molar-refractivity contribution in [2.45, 2.75) is 97.1 Å². The van der Waals surface area contributed by atoms with Gasteiger partial charge in [-0.15, -0.1) is 0 Å². The minimum absolute atomic E-state index is 0.0192. The fourth-order valence-electron chi connectivity index (χ4n) is 3.88. The van der Waals surface area contributed by atoms with Crippen LogP contribution in [0.3, 0.4) is 0 Å². The zero-order valence-electron chi connectivity index (χ0n) is 14.4. The second-order valence-corrected chi connectivity index (χ2v) is 7.08. The van der Waals surface area contributed by atoms with Gasteiger partial charge in [0.2, 0.25) is 5.91 Å². The van der Waals surface area contributed by atoms with Crippen molar-refractivity contribution in [1.82, 2.24) is 5.32 Å². The first-order valence-corrected chi connectivity index (χ1v) is 9.11. The van der Waals surface area contributed by atoms with Gasteiger partial charge in [0.15, 0.2) is 0 Å². The number of hydrogen-bond donors (Lipinski definition) is 2. The highest BCUT2D eigenvalue weighted by molar-refractivity contribution is 5.77. The van der Waals surface area contributed by atoms with Crippen LogP contribution in [0, 0.1) is 11.8 Å². The Hall–Kier alpha value is -0.570. The van der Waals surface area contributed by atoms with E-state index in [1.165, 1.54) is 51.4 Å². The molecular formula is C18H36N2O. The highest BCUT2D eigenvalue weighted by Gasteiger charge is 2.36. The molecule has 1 saturated heterocycles. The number of unbranched alkanes of at least 4 members (excludes halogenated alkanes) is 7. The van der Waals surface area contributed by atoms with Crippen molar-refractivity contribution in [3.05, 3.63) is 0 Å². The lowest BCUT2D eigenvalue weighted by molar-refractivity contribution is -0.125. The molecule has 1 rings (SSSR count). The van der Waals surface area contributed by atoms with Gasteiger partial charge in [-0.2, -0.15) is 0 Å². The Morgan fingerprint density at radius 3 is 2.19 bits per heavy atom. The summed E-state index contributed by atoms with van der Waals surface area (Å²) in [7, 11) is 0. The van der Waals surface area contributed by atoms with Crippen LogP contribution in [-0.4, -0.2) is 18.0 Å². The third-order valence-corrected chi connectivity index (χ3v) is 4.97. The van der Waals surface area contributed by atoms with Gasteiger partial charge in [-0.25, -0.2) is 0 Å². The first-order chi connectivity index (χ1) is 10.1. The maximum Gasteiger partial charge on any atom is 0.222 e. The molecular weight excluding hydrogens is 260 g/mol. The van der Waals surface area contributed by atoms with E-state index in [9.17, 15) is 4.79 Å². The molecule has 4 atom stereocenters. The van der Waals surface area contributed by atoms with E-state index in [2.05, 4.69) is 26.1 Å². The summed E-state index contributed by atoms with van der Waals surface area (Å²) in [5.74, 6) is 0.315. The van der Waals surface area contributed by atoms with Gasteiger partial charge in [0, 0.05) is 12.1 Å². The van der Waals surface area contributed by atoms with Gasteiger partial charge in [0.05, 0.1) is 5.92 Å². The van der Waals surface area contributed by atoms with Crippen molar-refractivity contribution in [2.75, 3.05) is 0 Å². The van der Waals surface area contributed by atoms with E-state index < -0.39 is 0 Å². The fraction of sp³-hybridized carbons (Fsp3) is 0.944. The monoisotopic (exact) mass is 296 g/mol. The van der Waals surface area contributed by atoms with E-state index in [0.29, 0.717) is 18.0 Å². The molecule has 3 N–H and O–H groups in total. The van der Waals surface area contributed by atoms with Crippen molar-refractivity contribution >= 4 is 5.91 Å². The molecule has 3 nitrogen and oxygen atoms in total. The Morgan fingerprint density at radius 2 is 1.62 bits per heavy atom. The molecule has 1 aliphatic heterocycles. The maximum atomic E-state index is 11.7. The minimum Gasteiger partial charge on any atom is -0.369 e. The Kier molecular flexibility index (Phi) is 8.98. The molecule has 1 heterocycles. The maximum absolute atomic E-state index is 11.7. The van der Waals surface area contributed by atoms with E-state index in [0.717, 1.165) is 12.8 Å². The zero-order valence-corrected chi connectivity index (χ0v) is 14.4. The number of hydrogen-bond acceptors (Lipinski definition) is 2. The average molecular weight is 296 g/mol. The van der Waals surface area contributed by atoms with Gasteiger partial charge >= 0.3 is 0 Å². The van der Waals surface area contributed by atoms with E-state index in [1.54, 1.807) is 0 Å². The molecule has 3 heteroatoms. The number of carbonyl (C=O) groups is 1. The molecule has 4 unspecified atom stereocenters. The topological polar surface area (TPSA) is 55.1 Å². The van der Waals surface area contributed by atoms with Crippen LogP contribution < -0.4 is 11.1 Å². The average Bonchev–Trinajstić information content (AvgIpc) is 2.40. The van der Waals surface area contributed by atoms with Crippen LogP contribution in [0.25, 0.3) is 0 Å². The minimum atomic E-state index is -0.119. The Bertz CT molecular complexity index is 293. The predicted molar refractivity (Wildman–Crippen MR) is 90.1 cm³/mol. The lowest BCUT2D eigenvalue weighted by Crippen LogP contribution is -2.54. The van der Waals surface area contributed by atoms with Gasteiger partial charge in [-0.1, -0.05) is 65.2 Å². The van der Waals surface area contributed by atoms with Gasteiger partial charge in [-0.3, -0.25) is 4.79 Å². The zero-order chi connectivity index (χ0) is 15.7. The van der Waals surface area contributed by atoms with Crippen LogP contribution in [0.15, 0.2) is 0 Å². The van der Waals surface area contributed by atoms with Gasteiger partial charge in [0.1, 0.15) is 0 Å². The lowest BCUT2D eigenvalue weighted by Gasteiger charge is -2.39. The second kappa shape index (κ2) is 10.2. The van der Waals surface area contributed by atoms with Crippen LogP contribution in [0.1, 0.15) is 85.0 Å². The molecule has 0 spiro atoms. The van der Waals surface area contributed by atoms with Crippen molar-refractivity contribution < 1.29 is 4.79 Å². The Balaban J connectivity index is 2.20. The van der Waals surface area contributed by atoms with Crippen LogP contribution in [0.5, 0.6) is 0 Å². The van der Waals surface area contributed by atoms with Gasteiger partial charge in [-0.05, 0) is 25.7 Å². The number of nitrogens with two attached hydrogens (primary N) is 1. The third kappa shape index (κ3) is 6.82. The molecule has 0 aromatic rings. The molecule has 1 amide bonds. The van der Waals surface area contributed by atoms with Crippen LogP contribution in [-0.2, 0) is 4.79 Å². The number of piperidine rings is 1. The first kappa shape index (κ1) is 18.5. The number of carbonyl (C=O) groups excluding carboxylic acids is 1. The van der Waals surface area contributed by atoms with Crippen LogP contribution in [0.2, 0.25) is 0 Å². The number of amides is 1. The summed E-state index contributed by atoms with van der Waals surface area (Å²) in [6.45, 7) is 6.65. The largest absolute Gasteiger partial charge is 0.369 e. The van der Waals surface area contributed by atoms with E-state index in [1.807, 2.05) is 0 Å². The Morgan fingerprint density at radius 1 is 1.05 bits per heavy atom. The molecule has 124 valence electrons. The summed E-state index contributed by atoms with van der Waals surface area (Å²) in [5, 5.41) is 3.60. The summed E-state index contributed by atoms with van der Waals surface area (Å²) >= 11 is 0. The normalized spacial score (nSPS) is 29.5. The van der Waals surface area contributed by atoms with E-state index in [4.69, 9.17) is 5.73 Å². The fourth-order valence-corrected chi connectivity index (χ4v) is 3.88. The molecule has 21 heavy (non-hydrogen) atoms. The highest BCUT2D eigenvalue weighted by atomic mass is 16.1. The molecule has 0 aromatic heterocycles. The molecule has 0 aliphatic carbocycles. The Labute approximate surface area is 131 Å². The summed E-state index contributed by atoms with van der Waals surface area (Å²) in [6, 6.07) is 0.802. The molecule has 0 bridgehead atoms. The van der Waals surface area contributed by atoms with Gasteiger partial charge < -0.3 is 11.1 Å². The molecule has 1 aliphatic rings. The first-order valence-electron chi connectivity index (χ1n) is 9.11. The number of primary amides is 1. The SMILES string of the molecule is CCCCCCCCCCC1NC(C)CC(C)C1C(N)=O. The lowest BCUT2D eigenvalue weighted by atomic mass is 9.77. The number of nitrogens with one attached hydrogen (secondary N) is 1. The van der Waals surface area contributed by atoms with Crippen LogP contribution in [0.4, 0.5) is 0 Å². The molecule has 0 saturated carbocycles. The van der Waals surface area contributed by atoms with Crippen molar-refractivity contribution in [3.63, 3.8) is 0 Å². The quantitative estimate of drug-likeness (QED) is 0.599. The van der Waals surface area contributed by atoms with Gasteiger partial charge in [0.25, 0.3) is 0 Å². The van der Waals surface area contributed by atoms with E-state index >= 15 is 0 Å². The highest BCUT2D eigenvalue weighted by Crippen LogP contribution is 2.29. The summed E-state index contributed by atoms with van der Waals surface area (Å²) in [4.78, 5) is 11.7. The molecule has 0 aromatic carbocycles. The van der Waals surface area contributed by atoms with Crippen molar-refractivity contribution in [3.8, 4) is 0 Å². The third-order valence-electron chi connectivity index (χ3n) is 4.97. The molecule has 0 radical (unpaired) electrons. The summed E-state index contributed by atoms with van der Waals surface area (Å²) < 4.78 is 0. The second-order valence-electron chi connectivity index (χ2n) is 7.08. The summed E-state index contributed by atoms with van der Waals surface area (Å²) in [5.41, 5.74) is 5.61. The van der Waals surface area contributed by atoms with Crippen molar-refractivity contribution in [2.24, 2.45) is 17.6 Å². The number of rotatable bonds is 10. The standard InChI is InChI=1S/C18H36N2O/c1-4-5-6-7-8-9-10-11-12-16-17(18(19)21)14(2)13-15(3)20-16/h14-17,20H,4-13H2,1-3H3,(H2,19,21). The molecule has 1 fully saturated rings.